The van der Waals surface area contributed by atoms with E-state index in [4.69, 9.17) is 4.74 Å². The van der Waals surface area contributed by atoms with Crippen molar-refractivity contribution in [2.75, 3.05) is 0 Å². The number of nitrogens with zero attached hydrogens (tertiary/aromatic N) is 1. The largest absolute Gasteiger partial charge is 0.444 e. The molecule has 0 unspecified atom stereocenters. The van der Waals surface area contributed by atoms with Crippen LogP contribution in [0, 0.1) is 0 Å². The number of ether oxygens (including phenoxy) is 1. The van der Waals surface area contributed by atoms with Crippen LogP contribution in [0.1, 0.15) is 53.9 Å². The molecule has 0 N–H and O–H groups in total. The lowest BCUT2D eigenvalue weighted by molar-refractivity contribution is 0.00360. The number of rotatable bonds is 1. The number of allylic oxidation sites excluding steroid dienone is 1. The molecule has 0 spiro atoms. The van der Waals surface area contributed by atoms with E-state index in [1.165, 1.54) is 6.42 Å². The number of amides is 1. The second kappa shape index (κ2) is 5.56. The number of likely N-dealkylation sites (tertiary alicyclic amines) is 1. The van der Waals surface area contributed by atoms with Crippen LogP contribution in [0.15, 0.2) is 12.2 Å². The van der Waals surface area contributed by atoms with E-state index in [0.717, 1.165) is 12.8 Å². The molecule has 3 nitrogen and oxygen atoms in total. The Labute approximate surface area is 105 Å². The molecule has 1 rings (SSSR count). The summed E-state index contributed by atoms with van der Waals surface area (Å²) in [7, 11) is 0. The summed E-state index contributed by atoms with van der Waals surface area (Å²) >= 11 is 0. The summed E-state index contributed by atoms with van der Waals surface area (Å²) in [5, 5.41) is 0. The van der Waals surface area contributed by atoms with Crippen LogP contribution in [-0.4, -0.2) is 28.7 Å². The van der Waals surface area contributed by atoms with E-state index in [-0.39, 0.29) is 18.2 Å². The maximum atomic E-state index is 12.2. The Morgan fingerprint density at radius 3 is 2.53 bits per heavy atom. The Kier molecular flexibility index (Phi) is 4.61. The average Bonchev–Trinajstić information content (AvgIpc) is 2.15. The van der Waals surface area contributed by atoms with Gasteiger partial charge in [0, 0.05) is 6.04 Å². The van der Waals surface area contributed by atoms with Crippen molar-refractivity contribution in [2.45, 2.75) is 71.6 Å². The number of hydrogen-bond donors (Lipinski definition) is 0. The molecule has 0 bridgehead atoms. The summed E-state index contributed by atoms with van der Waals surface area (Å²) in [6.45, 7) is 9.81. The molecule has 17 heavy (non-hydrogen) atoms. The number of piperidine rings is 1. The molecule has 0 radical (unpaired) electrons. The number of carbonyl (C=O) groups is 1. The molecule has 1 saturated heterocycles. The highest BCUT2D eigenvalue weighted by atomic mass is 16.6. The molecule has 1 fully saturated rings. The van der Waals surface area contributed by atoms with Crippen LogP contribution >= 0.6 is 0 Å². The maximum Gasteiger partial charge on any atom is 0.411 e. The van der Waals surface area contributed by atoms with Crippen molar-refractivity contribution in [2.24, 2.45) is 0 Å². The zero-order valence-electron chi connectivity index (χ0n) is 11.7. The molecule has 0 aromatic rings. The highest BCUT2D eigenvalue weighted by Gasteiger charge is 2.33. The zero-order chi connectivity index (χ0) is 13.1. The SMILES string of the molecule is C/C=C\[C@@H]1CCC[C@H](C)N1C(=O)OC(C)(C)C. The van der Waals surface area contributed by atoms with Crippen molar-refractivity contribution >= 4 is 6.09 Å². The Morgan fingerprint density at radius 1 is 1.35 bits per heavy atom. The summed E-state index contributed by atoms with van der Waals surface area (Å²) in [6.07, 6.45) is 7.20. The van der Waals surface area contributed by atoms with E-state index in [0.29, 0.717) is 0 Å². The molecule has 0 aromatic carbocycles. The molecule has 0 saturated carbocycles. The smallest absolute Gasteiger partial charge is 0.411 e. The summed E-state index contributed by atoms with van der Waals surface area (Å²) in [6, 6.07) is 0.457. The fourth-order valence-electron chi connectivity index (χ4n) is 2.27. The topological polar surface area (TPSA) is 29.5 Å². The van der Waals surface area contributed by atoms with Gasteiger partial charge in [0.05, 0.1) is 6.04 Å². The third-order valence-electron chi connectivity index (χ3n) is 2.97. The van der Waals surface area contributed by atoms with E-state index in [1.54, 1.807) is 0 Å². The lowest BCUT2D eigenvalue weighted by atomic mass is 9.96. The van der Waals surface area contributed by atoms with Gasteiger partial charge in [-0.25, -0.2) is 4.79 Å². The third kappa shape index (κ3) is 4.06. The molecule has 1 aliphatic heterocycles. The summed E-state index contributed by atoms with van der Waals surface area (Å²) in [5.74, 6) is 0. The normalized spacial score (nSPS) is 26.3. The first kappa shape index (κ1) is 14.1. The van der Waals surface area contributed by atoms with Gasteiger partial charge in [-0.15, -0.1) is 0 Å². The Hall–Kier alpha value is -0.990. The van der Waals surface area contributed by atoms with Crippen molar-refractivity contribution in [3.05, 3.63) is 12.2 Å². The molecule has 0 aromatic heterocycles. The monoisotopic (exact) mass is 239 g/mol. The van der Waals surface area contributed by atoms with Gasteiger partial charge in [0.1, 0.15) is 5.60 Å². The van der Waals surface area contributed by atoms with Crippen LogP contribution in [-0.2, 0) is 4.74 Å². The summed E-state index contributed by atoms with van der Waals surface area (Å²) in [4.78, 5) is 14.1. The maximum absolute atomic E-state index is 12.2. The molecule has 3 heteroatoms. The quantitative estimate of drug-likeness (QED) is 0.652. The minimum absolute atomic E-state index is 0.187. The van der Waals surface area contributed by atoms with Crippen LogP contribution in [0.4, 0.5) is 4.79 Å². The van der Waals surface area contributed by atoms with Gasteiger partial charge in [0.2, 0.25) is 0 Å². The van der Waals surface area contributed by atoms with Gasteiger partial charge in [0.25, 0.3) is 0 Å². The van der Waals surface area contributed by atoms with Crippen molar-refractivity contribution in [3.8, 4) is 0 Å². The molecule has 0 aliphatic carbocycles. The van der Waals surface area contributed by atoms with Gasteiger partial charge in [-0.2, -0.15) is 0 Å². The molecular weight excluding hydrogens is 214 g/mol. The van der Waals surface area contributed by atoms with Crippen molar-refractivity contribution in [1.82, 2.24) is 4.90 Å². The van der Waals surface area contributed by atoms with E-state index < -0.39 is 5.60 Å². The van der Waals surface area contributed by atoms with Crippen LogP contribution < -0.4 is 0 Å². The molecule has 1 amide bonds. The van der Waals surface area contributed by atoms with Crippen LogP contribution in [0.5, 0.6) is 0 Å². The van der Waals surface area contributed by atoms with E-state index in [9.17, 15) is 4.79 Å². The van der Waals surface area contributed by atoms with Gasteiger partial charge in [-0.05, 0) is 53.9 Å². The van der Waals surface area contributed by atoms with Gasteiger partial charge >= 0.3 is 6.09 Å². The minimum Gasteiger partial charge on any atom is -0.444 e. The highest BCUT2D eigenvalue weighted by molar-refractivity contribution is 5.69. The van der Waals surface area contributed by atoms with Crippen LogP contribution in [0.3, 0.4) is 0 Å². The van der Waals surface area contributed by atoms with Crippen molar-refractivity contribution in [3.63, 3.8) is 0 Å². The zero-order valence-corrected chi connectivity index (χ0v) is 11.7. The molecule has 1 heterocycles. The van der Waals surface area contributed by atoms with Gasteiger partial charge in [-0.3, -0.25) is 4.90 Å². The molecular formula is C14H25NO2. The molecule has 2 atom stereocenters. The van der Waals surface area contributed by atoms with Gasteiger partial charge < -0.3 is 4.74 Å². The highest BCUT2D eigenvalue weighted by Crippen LogP contribution is 2.25. The second-order valence-corrected chi connectivity index (χ2v) is 5.76. The lowest BCUT2D eigenvalue weighted by Crippen LogP contribution is -2.49. The predicted octanol–water partition coefficient (Wildman–Crippen LogP) is 3.74. The Balaban J connectivity index is 2.78. The minimum atomic E-state index is -0.422. The van der Waals surface area contributed by atoms with Crippen LogP contribution in [0.25, 0.3) is 0 Å². The first-order valence-electron chi connectivity index (χ1n) is 6.49. The second-order valence-electron chi connectivity index (χ2n) is 5.76. The first-order chi connectivity index (χ1) is 7.85. The fraction of sp³-hybridized carbons (Fsp3) is 0.786. The van der Waals surface area contributed by atoms with Crippen LogP contribution in [0.2, 0.25) is 0 Å². The van der Waals surface area contributed by atoms with Gasteiger partial charge in [-0.1, -0.05) is 12.2 Å². The number of carbonyl (C=O) groups excluding carboxylic acids is 1. The lowest BCUT2D eigenvalue weighted by Gasteiger charge is -2.39. The van der Waals surface area contributed by atoms with Crippen molar-refractivity contribution < 1.29 is 9.53 Å². The third-order valence-corrected chi connectivity index (χ3v) is 2.97. The average molecular weight is 239 g/mol. The predicted molar refractivity (Wildman–Crippen MR) is 70.0 cm³/mol. The summed E-state index contributed by atoms with van der Waals surface area (Å²) < 4.78 is 5.48. The van der Waals surface area contributed by atoms with Gasteiger partial charge in [0.15, 0.2) is 0 Å². The summed E-state index contributed by atoms with van der Waals surface area (Å²) in [5.41, 5.74) is -0.422. The molecule has 1 aliphatic rings. The van der Waals surface area contributed by atoms with Crippen molar-refractivity contribution in [1.29, 1.82) is 0 Å². The number of hydrogen-bond acceptors (Lipinski definition) is 2. The Bertz CT molecular complexity index is 291. The standard InChI is InChI=1S/C14H25NO2/c1-6-8-12-10-7-9-11(2)15(12)13(16)17-14(3,4)5/h6,8,11-12H,7,9-10H2,1-5H3/b8-6-/t11-,12+/m0/s1. The Morgan fingerprint density at radius 2 is 2.00 bits per heavy atom. The van der Waals surface area contributed by atoms with E-state index in [1.807, 2.05) is 38.7 Å². The van der Waals surface area contributed by atoms with E-state index in [2.05, 4.69) is 13.0 Å². The van der Waals surface area contributed by atoms with E-state index >= 15 is 0 Å². The first-order valence-corrected chi connectivity index (χ1v) is 6.49. The molecule has 98 valence electrons. The fourth-order valence-corrected chi connectivity index (χ4v) is 2.27.